The maximum atomic E-state index is 14.1. The first-order chi connectivity index (χ1) is 16.7. The third kappa shape index (κ3) is 4.77. The van der Waals surface area contributed by atoms with Crippen LogP contribution in [0.1, 0.15) is 62.2 Å². The average Bonchev–Trinajstić information content (AvgIpc) is 3.35. The highest BCUT2D eigenvalue weighted by molar-refractivity contribution is 6.07. The molecule has 0 radical (unpaired) electrons. The molecule has 4 amide bonds. The number of imide groups is 1. The molecule has 0 unspecified atom stereocenters. The standard InChI is InChI=1S/C25H33F3N4O3/c1-3-9-25(23(34)32(24(35)29-25)13-8-17-5-4-10-30(17)2)16-6-11-31(12-7-16)22(33)18-14-20(27)21(28)15-19(18)26/h14-17H,3-13H2,1-2H3,(H,29,35)/t17-,25-/m1/s1. The average molecular weight is 495 g/mol. The lowest BCUT2D eigenvalue weighted by atomic mass is 9.74. The highest BCUT2D eigenvalue weighted by Gasteiger charge is 2.55. The Kier molecular flexibility index (Phi) is 7.40. The summed E-state index contributed by atoms with van der Waals surface area (Å²) in [5.41, 5.74) is -1.53. The van der Waals surface area contributed by atoms with Crippen molar-refractivity contribution in [3.63, 3.8) is 0 Å². The summed E-state index contributed by atoms with van der Waals surface area (Å²) in [4.78, 5) is 44.2. The Morgan fingerprint density at radius 1 is 1.06 bits per heavy atom. The van der Waals surface area contributed by atoms with E-state index in [1.54, 1.807) is 0 Å². The molecular formula is C25H33F3N4O3. The molecule has 2 atom stereocenters. The second kappa shape index (κ2) is 10.2. The highest BCUT2D eigenvalue weighted by Crippen LogP contribution is 2.38. The molecular weight excluding hydrogens is 461 g/mol. The molecule has 3 aliphatic rings. The summed E-state index contributed by atoms with van der Waals surface area (Å²) in [7, 11) is 2.06. The molecule has 0 spiro atoms. The van der Waals surface area contributed by atoms with Crippen LogP contribution in [-0.4, -0.2) is 77.4 Å². The maximum Gasteiger partial charge on any atom is 0.325 e. The van der Waals surface area contributed by atoms with Crippen LogP contribution in [0.15, 0.2) is 12.1 Å². The van der Waals surface area contributed by atoms with Crippen molar-refractivity contribution in [2.75, 3.05) is 33.2 Å². The molecule has 35 heavy (non-hydrogen) atoms. The molecule has 1 N–H and O–H groups in total. The van der Waals surface area contributed by atoms with E-state index in [4.69, 9.17) is 0 Å². The van der Waals surface area contributed by atoms with Crippen LogP contribution in [0.4, 0.5) is 18.0 Å². The lowest BCUT2D eigenvalue weighted by molar-refractivity contribution is -0.134. The van der Waals surface area contributed by atoms with Crippen molar-refractivity contribution < 1.29 is 27.6 Å². The van der Waals surface area contributed by atoms with Gasteiger partial charge in [0.05, 0.1) is 5.56 Å². The Morgan fingerprint density at radius 3 is 2.37 bits per heavy atom. The van der Waals surface area contributed by atoms with E-state index in [2.05, 4.69) is 17.3 Å². The smallest absolute Gasteiger partial charge is 0.325 e. The molecule has 3 fully saturated rings. The van der Waals surface area contributed by atoms with Crippen LogP contribution in [0, 0.1) is 23.4 Å². The summed E-state index contributed by atoms with van der Waals surface area (Å²) >= 11 is 0. The lowest BCUT2D eigenvalue weighted by Crippen LogP contribution is -2.56. The van der Waals surface area contributed by atoms with Gasteiger partial charge in [-0.25, -0.2) is 18.0 Å². The molecule has 1 aromatic carbocycles. The Bertz CT molecular complexity index is 998. The number of nitrogens with one attached hydrogen (secondary N) is 1. The number of benzene rings is 1. The van der Waals surface area contributed by atoms with Gasteiger partial charge in [0.25, 0.3) is 11.8 Å². The van der Waals surface area contributed by atoms with E-state index < -0.39 is 34.5 Å². The van der Waals surface area contributed by atoms with E-state index in [0.29, 0.717) is 50.4 Å². The van der Waals surface area contributed by atoms with Crippen molar-refractivity contribution >= 4 is 17.8 Å². The van der Waals surface area contributed by atoms with Crippen LogP contribution >= 0.6 is 0 Å². The quantitative estimate of drug-likeness (QED) is 0.465. The third-order valence-electron chi connectivity index (χ3n) is 7.92. The first-order valence-corrected chi connectivity index (χ1v) is 12.5. The number of amides is 4. The number of rotatable bonds is 7. The van der Waals surface area contributed by atoms with Crippen molar-refractivity contribution in [2.45, 2.75) is 63.5 Å². The number of hydrogen-bond acceptors (Lipinski definition) is 4. The van der Waals surface area contributed by atoms with Crippen molar-refractivity contribution in [1.82, 2.24) is 20.0 Å². The summed E-state index contributed by atoms with van der Waals surface area (Å²) in [5, 5.41) is 2.99. The molecule has 192 valence electrons. The molecule has 0 aromatic heterocycles. The first-order valence-electron chi connectivity index (χ1n) is 12.5. The molecule has 7 nitrogen and oxygen atoms in total. The van der Waals surface area contributed by atoms with Gasteiger partial charge < -0.3 is 15.1 Å². The van der Waals surface area contributed by atoms with E-state index in [1.165, 1.54) is 9.80 Å². The fraction of sp³-hybridized carbons (Fsp3) is 0.640. The summed E-state index contributed by atoms with van der Waals surface area (Å²) in [6.07, 6.45) is 4.98. The predicted molar refractivity (Wildman–Crippen MR) is 123 cm³/mol. The first kappa shape index (κ1) is 25.5. The number of halogens is 3. The van der Waals surface area contributed by atoms with Gasteiger partial charge in [-0.05, 0) is 64.1 Å². The number of urea groups is 1. The zero-order chi connectivity index (χ0) is 25.3. The van der Waals surface area contributed by atoms with Gasteiger partial charge in [-0.3, -0.25) is 14.5 Å². The molecule has 0 saturated carbocycles. The van der Waals surface area contributed by atoms with E-state index in [-0.39, 0.29) is 30.9 Å². The molecule has 3 aliphatic heterocycles. The van der Waals surface area contributed by atoms with Crippen molar-refractivity contribution in [2.24, 2.45) is 5.92 Å². The monoisotopic (exact) mass is 494 g/mol. The van der Waals surface area contributed by atoms with Gasteiger partial charge in [-0.2, -0.15) is 0 Å². The number of nitrogens with zero attached hydrogens (tertiary/aromatic N) is 3. The van der Waals surface area contributed by atoms with Crippen LogP contribution in [-0.2, 0) is 4.79 Å². The molecule has 4 rings (SSSR count). The molecule has 3 saturated heterocycles. The second-order valence-electron chi connectivity index (χ2n) is 9.99. The molecule has 0 aliphatic carbocycles. The van der Waals surface area contributed by atoms with Gasteiger partial charge in [-0.15, -0.1) is 0 Å². The Balaban J connectivity index is 1.43. The van der Waals surface area contributed by atoms with Crippen molar-refractivity contribution in [3.05, 3.63) is 35.1 Å². The van der Waals surface area contributed by atoms with Crippen LogP contribution in [0.2, 0.25) is 0 Å². The number of carbonyl (C=O) groups is 3. The van der Waals surface area contributed by atoms with E-state index >= 15 is 0 Å². The Labute approximate surface area is 203 Å². The summed E-state index contributed by atoms with van der Waals surface area (Å²) in [6.45, 7) is 3.81. The van der Waals surface area contributed by atoms with Crippen LogP contribution in [0.5, 0.6) is 0 Å². The number of carbonyl (C=O) groups excluding carboxylic acids is 3. The third-order valence-corrected chi connectivity index (χ3v) is 7.92. The molecule has 10 heteroatoms. The summed E-state index contributed by atoms with van der Waals surface area (Å²) < 4.78 is 41.0. The number of piperidine rings is 1. The minimum absolute atomic E-state index is 0.183. The zero-order valence-corrected chi connectivity index (χ0v) is 20.3. The summed E-state index contributed by atoms with van der Waals surface area (Å²) in [5.74, 6) is -4.85. The Morgan fingerprint density at radius 2 is 1.74 bits per heavy atom. The van der Waals surface area contributed by atoms with Gasteiger partial charge >= 0.3 is 6.03 Å². The second-order valence-corrected chi connectivity index (χ2v) is 9.99. The van der Waals surface area contributed by atoms with Gasteiger partial charge in [0, 0.05) is 31.7 Å². The summed E-state index contributed by atoms with van der Waals surface area (Å²) in [6, 6.07) is 0.947. The molecule has 1 aromatic rings. The van der Waals surface area contributed by atoms with E-state index in [1.807, 2.05) is 6.92 Å². The van der Waals surface area contributed by atoms with Crippen LogP contribution in [0.25, 0.3) is 0 Å². The van der Waals surface area contributed by atoms with Gasteiger partial charge in [0.2, 0.25) is 0 Å². The number of hydrogen-bond donors (Lipinski definition) is 1. The van der Waals surface area contributed by atoms with Crippen molar-refractivity contribution in [3.8, 4) is 0 Å². The van der Waals surface area contributed by atoms with E-state index in [9.17, 15) is 27.6 Å². The predicted octanol–water partition coefficient (Wildman–Crippen LogP) is 3.53. The SMILES string of the molecule is CCC[C@]1(C2CCN(C(=O)c3cc(F)c(F)cc3F)CC2)NC(=O)N(CC[C@H]2CCCN2C)C1=O. The van der Waals surface area contributed by atoms with E-state index in [0.717, 1.165) is 25.8 Å². The van der Waals surface area contributed by atoms with Crippen LogP contribution in [0.3, 0.4) is 0 Å². The maximum absolute atomic E-state index is 14.1. The minimum Gasteiger partial charge on any atom is -0.339 e. The van der Waals surface area contributed by atoms with Gasteiger partial charge in [-0.1, -0.05) is 13.3 Å². The van der Waals surface area contributed by atoms with Crippen molar-refractivity contribution in [1.29, 1.82) is 0 Å². The zero-order valence-electron chi connectivity index (χ0n) is 20.3. The Hall–Kier alpha value is -2.62. The largest absolute Gasteiger partial charge is 0.339 e. The highest BCUT2D eigenvalue weighted by atomic mass is 19.2. The fourth-order valence-corrected chi connectivity index (χ4v) is 5.95. The molecule has 3 heterocycles. The van der Waals surface area contributed by atoms with Crippen LogP contribution < -0.4 is 5.32 Å². The van der Waals surface area contributed by atoms with Gasteiger partial charge in [0.15, 0.2) is 11.6 Å². The fourth-order valence-electron chi connectivity index (χ4n) is 5.95. The topological polar surface area (TPSA) is 73.0 Å². The molecule has 0 bridgehead atoms. The lowest BCUT2D eigenvalue weighted by Gasteiger charge is -2.41. The number of likely N-dealkylation sites (tertiary alicyclic amines) is 2. The minimum atomic E-state index is -1.35. The normalized spacial score (nSPS) is 26.0. The van der Waals surface area contributed by atoms with Gasteiger partial charge in [0.1, 0.15) is 11.4 Å².